The Kier molecular flexibility index (Phi) is 5.70. The van der Waals surface area contributed by atoms with E-state index in [-0.39, 0.29) is 5.41 Å². The van der Waals surface area contributed by atoms with Crippen LogP contribution in [-0.2, 0) is 12.0 Å². The van der Waals surface area contributed by atoms with E-state index in [4.69, 9.17) is 4.98 Å². The molecule has 8 heteroatoms. The summed E-state index contributed by atoms with van der Waals surface area (Å²) in [5, 5.41) is 6.69. The summed E-state index contributed by atoms with van der Waals surface area (Å²) < 4.78 is 0. The molecule has 1 saturated heterocycles. The van der Waals surface area contributed by atoms with Crippen molar-refractivity contribution >= 4 is 23.2 Å². The molecule has 0 radical (unpaired) electrons. The fourth-order valence-corrected chi connectivity index (χ4v) is 3.76. The smallest absolute Gasteiger partial charge is 0.225 e. The molecule has 3 rings (SSSR count). The molecule has 1 N–H and O–H groups in total. The van der Waals surface area contributed by atoms with Gasteiger partial charge in [-0.1, -0.05) is 20.8 Å². The lowest BCUT2D eigenvalue weighted by Gasteiger charge is -2.36. The van der Waals surface area contributed by atoms with Crippen LogP contribution in [0.1, 0.15) is 31.5 Å². The molecule has 2 aromatic heterocycles. The van der Waals surface area contributed by atoms with Crippen LogP contribution in [-0.4, -0.2) is 59.0 Å². The van der Waals surface area contributed by atoms with E-state index in [0.29, 0.717) is 6.54 Å². The van der Waals surface area contributed by atoms with E-state index in [9.17, 15) is 0 Å². The monoisotopic (exact) mass is 373 g/mol. The maximum absolute atomic E-state index is 4.74. The normalized spacial score (nSPS) is 16.1. The van der Waals surface area contributed by atoms with Crippen molar-refractivity contribution in [2.45, 2.75) is 32.7 Å². The van der Waals surface area contributed by atoms with Gasteiger partial charge in [-0.3, -0.25) is 4.99 Å². The highest BCUT2D eigenvalue weighted by atomic mass is 32.1. The topological polar surface area (TPSA) is 69.5 Å². The van der Waals surface area contributed by atoms with Crippen LogP contribution in [0.25, 0.3) is 0 Å². The Morgan fingerprint density at radius 1 is 1.19 bits per heavy atom. The largest absolute Gasteiger partial charge is 0.350 e. The van der Waals surface area contributed by atoms with Crippen LogP contribution in [0.4, 0.5) is 5.95 Å². The minimum absolute atomic E-state index is 0.0895. The van der Waals surface area contributed by atoms with Gasteiger partial charge in [-0.2, -0.15) is 0 Å². The average molecular weight is 374 g/mol. The number of guanidine groups is 1. The van der Waals surface area contributed by atoms with Crippen LogP contribution >= 0.6 is 11.3 Å². The Morgan fingerprint density at radius 2 is 1.88 bits per heavy atom. The summed E-state index contributed by atoms with van der Waals surface area (Å²) in [6, 6.07) is 1.84. The molecule has 3 heterocycles. The molecule has 0 bridgehead atoms. The second-order valence-corrected chi connectivity index (χ2v) is 8.24. The highest BCUT2D eigenvalue weighted by Crippen LogP contribution is 2.23. The minimum atomic E-state index is 0.0895. The Hall–Kier alpha value is -2.22. The first-order valence-electron chi connectivity index (χ1n) is 8.90. The van der Waals surface area contributed by atoms with E-state index < -0.39 is 0 Å². The molecule has 0 unspecified atom stereocenters. The van der Waals surface area contributed by atoms with Gasteiger partial charge in [0.05, 0.1) is 12.2 Å². The fraction of sp³-hybridized carbons (Fsp3) is 0.556. The maximum Gasteiger partial charge on any atom is 0.225 e. The third kappa shape index (κ3) is 4.49. The van der Waals surface area contributed by atoms with Crippen molar-refractivity contribution in [2.24, 2.45) is 4.99 Å². The summed E-state index contributed by atoms with van der Waals surface area (Å²) in [5.74, 6) is 1.72. The molecule has 2 aromatic rings. The van der Waals surface area contributed by atoms with Gasteiger partial charge in [0.15, 0.2) is 5.96 Å². The molecule has 1 fully saturated rings. The van der Waals surface area contributed by atoms with E-state index in [1.807, 2.05) is 13.1 Å². The molecule has 26 heavy (non-hydrogen) atoms. The molecular formula is C18H27N7S. The van der Waals surface area contributed by atoms with Gasteiger partial charge in [-0.05, 0) is 6.07 Å². The summed E-state index contributed by atoms with van der Waals surface area (Å²) in [4.78, 5) is 22.3. The minimum Gasteiger partial charge on any atom is -0.350 e. The number of piperazine rings is 1. The number of anilines is 1. The van der Waals surface area contributed by atoms with Crippen LogP contribution in [0.15, 0.2) is 28.8 Å². The first-order chi connectivity index (χ1) is 12.5. The van der Waals surface area contributed by atoms with Gasteiger partial charge in [-0.25, -0.2) is 15.0 Å². The number of thiazole rings is 1. The molecule has 0 amide bonds. The van der Waals surface area contributed by atoms with Crippen LogP contribution in [0, 0.1) is 0 Å². The predicted molar refractivity (Wildman–Crippen MR) is 107 cm³/mol. The van der Waals surface area contributed by atoms with Crippen molar-refractivity contribution in [3.63, 3.8) is 0 Å². The average Bonchev–Trinajstić information content (AvgIpc) is 3.13. The zero-order chi connectivity index (χ0) is 18.6. The van der Waals surface area contributed by atoms with Crippen LogP contribution < -0.4 is 10.2 Å². The van der Waals surface area contributed by atoms with Crippen molar-refractivity contribution < 1.29 is 0 Å². The summed E-state index contributed by atoms with van der Waals surface area (Å²) in [7, 11) is 1.83. The first-order valence-corrected chi connectivity index (χ1v) is 9.78. The van der Waals surface area contributed by atoms with Gasteiger partial charge in [0.1, 0.15) is 5.01 Å². The highest BCUT2D eigenvalue weighted by molar-refractivity contribution is 7.09. The summed E-state index contributed by atoms with van der Waals surface area (Å²) >= 11 is 1.70. The first kappa shape index (κ1) is 18.6. The van der Waals surface area contributed by atoms with Crippen LogP contribution in [0.3, 0.4) is 0 Å². The molecule has 0 aromatic carbocycles. The zero-order valence-electron chi connectivity index (χ0n) is 15.9. The molecule has 1 aliphatic rings. The van der Waals surface area contributed by atoms with Crippen molar-refractivity contribution in [3.05, 3.63) is 34.5 Å². The Bertz CT molecular complexity index is 727. The predicted octanol–water partition coefficient (Wildman–Crippen LogP) is 2.13. The Labute approximate surface area is 159 Å². The summed E-state index contributed by atoms with van der Waals surface area (Å²) in [5.41, 5.74) is 1.23. The Morgan fingerprint density at radius 3 is 2.46 bits per heavy atom. The molecule has 0 atom stereocenters. The lowest BCUT2D eigenvalue weighted by Crippen LogP contribution is -2.52. The van der Waals surface area contributed by atoms with Crippen molar-refractivity contribution in [3.8, 4) is 0 Å². The van der Waals surface area contributed by atoms with Gasteiger partial charge in [-0.15, -0.1) is 11.3 Å². The van der Waals surface area contributed by atoms with E-state index in [2.05, 4.69) is 56.2 Å². The molecular weight excluding hydrogens is 346 g/mol. The van der Waals surface area contributed by atoms with Crippen molar-refractivity contribution in [1.29, 1.82) is 0 Å². The third-order valence-electron chi connectivity index (χ3n) is 4.34. The number of aliphatic imine (C=N–C) groups is 1. The number of hydrogen-bond donors (Lipinski definition) is 1. The van der Waals surface area contributed by atoms with Gasteiger partial charge >= 0.3 is 0 Å². The van der Waals surface area contributed by atoms with E-state index in [1.165, 1.54) is 0 Å². The number of rotatable bonds is 3. The molecule has 0 spiro atoms. The highest BCUT2D eigenvalue weighted by Gasteiger charge is 2.22. The number of nitrogens with zero attached hydrogens (tertiary/aromatic N) is 6. The fourth-order valence-electron chi connectivity index (χ4n) is 2.80. The third-order valence-corrected chi connectivity index (χ3v) is 5.19. The quantitative estimate of drug-likeness (QED) is 0.657. The van der Waals surface area contributed by atoms with Gasteiger partial charge < -0.3 is 15.1 Å². The van der Waals surface area contributed by atoms with Crippen molar-refractivity contribution in [2.75, 3.05) is 38.1 Å². The molecule has 1 aliphatic heterocycles. The van der Waals surface area contributed by atoms with E-state index in [1.54, 1.807) is 23.7 Å². The molecule has 7 nitrogen and oxygen atoms in total. The second kappa shape index (κ2) is 7.99. The number of aromatic nitrogens is 3. The van der Waals surface area contributed by atoms with Gasteiger partial charge in [0.25, 0.3) is 0 Å². The SMILES string of the molecule is CN=C(NCc1nc(C(C)(C)C)cs1)N1CCN(c2ncccn2)CC1. The second-order valence-electron chi connectivity index (χ2n) is 7.30. The number of nitrogens with one attached hydrogen (secondary N) is 1. The van der Waals surface area contributed by atoms with E-state index >= 15 is 0 Å². The van der Waals surface area contributed by atoms with Gasteiger partial charge in [0.2, 0.25) is 5.95 Å². The Balaban J connectivity index is 1.53. The van der Waals surface area contributed by atoms with Crippen molar-refractivity contribution in [1.82, 2.24) is 25.2 Å². The number of hydrogen-bond acceptors (Lipinski definition) is 6. The van der Waals surface area contributed by atoms with Crippen LogP contribution in [0.2, 0.25) is 0 Å². The van der Waals surface area contributed by atoms with Crippen LogP contribution in [0.5, 0.6) is 0 Å². The molecule has 140 valence electrons. The van der Waals surface area contributed by atoms with Gasteiger partial charge in [0, 0.05) is 56.4 Å². The molecule has 0 aliphatic carbocycles. The summed E-state index contributed by atoms with van der Waals surface area (Å²) in [6.45, 7) is 10.8. The lowest BCUT2D eigenvalue weighted by molar-refractivity contribution is 0.370. The lowest BCUT2D eigenvalue weighted by atomic mass is 9.93. The standard InChI is InChI=1S/C18H27N7S/c1-18(2,3)14-13-26-15(23-14)12-22-16(19-4)24-8-10-25(11-9-24)17-20-6-5-7-21-17/h5-7,13H,8-12H2,1-4H3,(H,19,22). The van der Waals surface area contributed by atoms with E-state index in [0.717, 1.165) is 48.8 Å². The maximum atomic E-state index is 4.74. The zero-order valence-corrected chi connectivity index (χ0v) is 16.8. The summed E-state index contributed by atoms with van der Waals surface area (Å²) in [6.07, 6.45) is 3.57. The molecule has 0 saturated carbocycles.